The Kier molecular flexibility index (Phi) is 5.44. The van der Waals surface area contributed by atoms with Crippen LogP contribution in [0, 0.1) is 5.92 Å². The van der Waals surface area contributed by atoms with Crippen LogP contribution in [0.1, 0.15) is 11.5 Å². The number of carboxylic acid groups (broad SMARTS) is 1. The van der Waals surface area contributed by atoms with E-state index in [2.05, 4.69) is 5.32 Å². The maximum Gasteiger partial charge on any atom is 0.308 e. The van der Waals surface area contributed by atoms with E-state index in [1.165, 1.54) is 0 Å². The topological polar surface area (TPSA) is 67.8 Å². The zero-order valence-corrected chi connectivity index (χ0v) is 11.7. The summed E-state index contributed by atoms with van der Waals surface area (Å²) in [7, 11) is 3.17. The fraction of sp³-hybridized carbons (Fsp3) is 0.462. The summed E-state index contributed by atoms with van der Waals surface area (Å²) < 4.78 is 10.4. The first kappa shape index (κ1) is 15.6. The van der Waals surface area contributed by atoms with Crippen molar-refractivity contribution < 1.29 is 19.4 Å². The molecule has 0 spiro atoms. The molecule has 0 radical (unpaired) electrons. The third kappa shape index (κ3) is 3.30. The van der Waals surface area contributed by atoms with Gasteiger partial charge in [-0.15, -0.1) is 12.4 Å². The summed E-state index contributed by atoms with van der Waals surface area (Å²) in [5.74, 6) is 0.140. The minimum atomic E-state index is -0.771. The molecule has 0 amide bonds. The van der Waals surface area contributed by atoms with Crippen molar-refractivity contribution in [2.75, 3.05) is 27.3 Å². The van der Waals surface area contributed by atoms with Crippen LogP contribution in [-0.4, -0.2) is 38.4 Å². The van der Waals surface area contributed by atoms with Gasteiger partial charge in [0.1, 0.15) is 11.5 Å². The second kappa shape index (κ2) is 6.63. The lowest BCUT2D eigenvalue weighted by Crippen LogP contribution is -2.21. The van der Waals surface area contributed by atoms with Gasteiger partial charge in [-0.2, -0.15) is 0 Å². The lowest BCUT2D eigenvalue weighted by molar-refractivity contribution is -0.141. The van der Waals surface area contributed by atoms with Gasteiger partial charge < -0.3 is 19.9 Å². The van der Waals surface area contributed by atoms with Gasteiger partial charge >= 0.3 is 5.97 Å². The lowest BCUT2D eigenvalue weighted by Gasteiger charge is -2.17. The normalized spacial score (nSPS) is 21.6. The third-order valence-electron chi connectivity index (χ3n) is 3.33. The van der Waals surface area contributed by atoms with Crippen molar-refractivity contribution in [3.63, 3.8) is 0 Å². The van der Waals surface area contributed by atoms with Gasteiger partial charge in [0, 0.05) is 25.1 Å². The van der Waals surface area contributed by atoms with E-state index < -0.39 is 11.9 Å². The van der Waals surface area contributed by atoms with Crippen LogP contribution >= 0.6 is 12.4 Å². The average Bonchev–Trinajstić information content (AvgIpc) is 2.87. The Labute approximate surface area is 118 Å². The van der Waals surface area contributed by atoms with Crippen molar-refractivity contribution in [2.45, 2.75) is 5.92 Å². The van der Waals surface area contributed by atoms with E-state index in [9.17, 15) is 9.90 Å². The zero-order chi connectivity index (χ0) is 13.1. The van der Waals surface area contributed by atoms with Crippen molar-refractivity contribution in [1.82, 2.24) is 5.32 Å². The largest absolute Gasteiger partial charge is 0.497 e. The molecule has 0 saturated carbocycles. The number of carbonyl (C=O) groups is 1. The predicted molar refractivity (Wildman–Crippen MR) is 73.5 cm³/mol. The highest BCUT2D eigenvalue weighted by Gasteiger charge is 2.34. The molecule has 6 heteroatoms. The number of carboxylic acids is 1. The molecule has 0 aromatic heterocycles. The number of methoxy groups -OCH3 is 2. The zero-order valence-electron chi connectivity index (χ0n) is 10.9. The number of aliphatic carboxylic acids is 1. The Morgan fingerprint density at radius 1 is 1.21 bits per heavy atom. The molecule has 1 aliphatic rings. The van der Waals surface area contributed by atoms with Gasteiger partial charge in [0.2, 0.25) is 0 Å². The molecule has 106 valence electrons. The number of benzene rings is 1. The van der Waals surface area contributed by atoms with Gasteiger partial charge in [-0.25, -0.2) is 0 Å². The van der Waals surface area contributed by atoms with Crippen LogP contribution in [0.4, 0.5) is 0 Å². The Hall–Kier alpha value is -1.46. The molecule has 1 aromatic rings. The quantitative estimate of drug-likeness (QED) is 0.879. The van der Waals surface area contributed by atoms with Crippen molar-refractivity contribution >= 4 is 18.4 Å². The maximum atomic E-state index is 11.2. The molecule has 1 aromatic carbocycles. The minimum Gasteiger partial charge on any atom is -0.497 e. The van der Waals surface area contributed by atoms with Gasteiger partial charge in [0.15, 0.2) is 0 Å². The standard InChI is InChI=1S/C13H17NO4.ClH/c1-17-9-3-8(4-10(5-9)18-2)11-6-14-7-12(11)13(15)16;/h3-5,11-12,14H,6-7H2,1-2H3,(H,15,16);1H. The predicted octanol–water partition coefficient (Wildman–Crippen LogP) is 1.51. The molecule has 2 atom stereocenters. The summed E-state index contributed by atoms with van der Waals surface area (Å²) in [4.78, 5) is 11.2. The third-order valence-corrected chi connectivity index (χ3v) is 3.33. The van der Waals surface area contributed by atoms with E-state index in [1.807, 2.05) is 12.1 Å². The van der Waals surface area contributed by atoms with E-state index in [1.54, 1.807) is 20.3 Å². The van der Waals surface area contributed by atoms with E-state index in [0.717, 1.165) is 5.56 Å². The van der Waals surface area contributed by atoms with Crippen molar-refractivity contribution in [1.29, 1.82) is 0 Å². The SMILES string of the molecule is COc1cc(OC)cc(C2CNCC2C(=O)O)c1.Cl. The maximum absolute atomic E-state index is 11.2. The first-order valence-corrected chi connectivity index (χ1v) is 5.82. The number of nitrogens with one attached hydrogen (secondary N) is 1. The number of ether oxygens (including phenoxy) is 2. The van der Waals surface area contributed by atoms with Crippen molar-refractivity contribution in [3.05, 3.63) is 23.8 Å². The van der Waals surface area contributed by atoms with Crippen molar-refractivity contribution in [2.24, 2.45) is 5.92 Å². The lowest BCUT2D eigenvalue weighted by atomic mass is 9.89. The highest BCUT2D eigenvalue weighted by atomic mass is 35.5. The molecule has 1 saturated heterocycles. The number of rotatable bonds is 4. The Balaban J connectivity index is 0.00000180. The fourth-order valence-corrected chi connectivity index (χ4v) is 2.33. The van der Waals surface area contributed by atoms with E-state index in [4.69, 9.17) is 9.47 Å². The number of hydrogen-bond acceptors (Lipinski definition) is 4. The molecular weight excluding hydrogens is 270 g/mol. The van der Waals surface area contributed by atoms with Gasteiger partial charge in [-0.3, -0.25) is 4.79 Å². The van der Waals surface area contributed by atoms with Crippen LogP contribution < -0.4 is 14.8 Å². The van der Waals surface area contributed by atoms with Crippen LogP contribution in [0.5, 0.6) is 11.5 Å². The second-order valence-electron chi connectivity index (χ2n) is 4.36. The van der Waals surface area contributed by atoms with Gasteiger partial charge in [0.05, 0.1) is 20.1 Å². The van der Waals surface area contributed by atoms with Crippen LogP contribution in [0.3, 0.4) is 0 Å². The molecule has 1 fully saturated rings. The molecule has 5 nitrogen and oxygen atoms in total. The molecule has 1 heterocycles. The van der Waals surface area contributed by atoms with E-state index >= 15 is 0 Å². The van der Waals surface area contributed by atoms with Crippen molar-refractivity contribution in [3.8, 4) is 11.5 Å². The van der Waals surface area contributed by atoms with E-state index in [-0.39, 0.29) is 18.3 Å². The summed E-state index contributed by atoms with van der Waals surface area (Å²) in [6, 6.07) is 5.52. The molecule has 0 bridgehead atoms. The summed E-state index contributed by atoms with van der Waals surface area (Å²) in [6.07, 6.45) is 0. The first-order chi connectivity index (χ1) is 8.65. The van der Waals surface area contributed by atoms with Crippen LogP contribution in [0.15, 0.2) is 18.2 Å². The minimum absolute atomic E-state index is 0. The van der Waals surface area contributed by atoms with E-state index in [0.29, 0.717) is 24.6 Å². The van der Waals surface area contributed by atoms with Gasteiger partial charge in [0.25, 0.3) is 0 Å². The molecule has 2 rings (SSSR count). The summed E-state index contributed by atoms with van der Waals surface area (Å²) in [6.45, 7) is 1.16. The molecule has 2 N–H and O–H groups in total. The Bertz CT molecular complexity index is 430. The summed E-state index contributed by atoms with van der Waals surface area (Å²) >= 11 is 0. The molecule has 2 unspecified atom stereocenters. The Morgan fingerprint density at radius 2 is 1.79 bits per heavy atom. The number of hydrogen-bond donors (Lipinski definition) is 2. The molecular formula is C13H18ClNO4. The summed E-state index contributed by atoms with van der Waals surface area (Å²) in [5, 5.41) is 12.3. The summed E-state index contributed by atoms with van der Waals surface area (Å²) in [5.41, 5.74) is 0.934. The smallest absolute Gasteiger partial charge is 0.308 e. The van der Waals surface area contributed by atoms with Crippen LogP contribution in [0.25, 0.3) is 0 Å². The van der Waals surface area contributed by atoms with Crippen LogP contribution in [-0.2, 0) is 4.79 Å². The molecule has 19 heavy (non-hydrogen) atoms. The van der Waals surface area contributed by atoms with Gasteiger partial charge in [-0.05, 0) is 17.7 Å². The molecule has 0 aliphatic carbocycles. The fourth-order valence-electron chi connectivity index (χ4n) is 2.33. The van der Waals surface area contributed by atoms with Crippen LogP contribution in [0.2, 0.25) is 0 Å². The average molecular weight is 288 g/mol. The highest BCUT2D eigenvalue weighted by molar-refractivity contribution is 5.85. The second-order valence-corrected chi connectivity index (χ2v) is 4.36. The first-order valence-electron chi connectivity index (χ1n) is 5.82. The van der Waals surface area contributed by atoms with Gasteiger partial charge in [-0.1, -0.05) is 0 Å². The number of halogens is 1. The molecule has 1 aliphatic heterocycles. The Morgan fingerprint density at radius 3 is 2.26 bits per heavy atom. The highest BCUT2D eigenvalue weighted by Crippen LogP contribution is 2.33. The monoisotopic (exact) mass is 287 g/mol.